The third kappa shape index (κ3) is 11.6. The van der Waals surface area contributed by atoms with Gasteiger partial charge in [-0.05, 0) is 20.3 Å². The maximum Gasteiger partial charge on any atom is 0.221 e. The monoisotopic (exact) mass is 270 g/mol. The molecule has 3 N–H and O–H groups in total. The summed E-state index contributed by atoms with van der Waals surface area (Å²) in [5.74, 6) is 0.842. The predicted molar refractivity (Wildman–Crippen MR) is 81.4 cm³/mol. The summed E-state index contributed by atoms with van der Waals surface area (Å²) in [6.07, 6.45) is 5.40. The van der Waals surface area contributed by atoms with E-state index in [4.69, 9.17) is 0 Å². The standard InChI is InChI=1S/C14H30N4O/c1-5-6-7-8-10-16-14(15-4)17-11-9-13(19)18-12(2)3/h12H,5-11H2,1-4H3,(H,18,19)(H2,15,16,17). The van der Waals surface area contributed by atoms with Crippen LogP contribution in [0.4, 0.5) is 0 Å². The van der Waals surface area contributed by atoms with Gasteiger partial charge in [0, 0.05) is 32.6 Å². The van der Waals surface area contributed by atoms with E-state index in [0.29, 0.717) is 13.0 Å². The van der Waals surface area contributed by atoms with Crippen LogP contribution in [0, 0.1) is 0 Å². The maximum atomic E-state index is 11.4. The van der Waals surface area contributed by atoms with Gasteiger partial charge in [0.25, 0.3) is 0 Å². The number of nitrogens with one attached hydrogen (secondary N) is 3. The highest BCUT2D eigenvalue weighted by Crippen LogP contribution is 1.96. The molecule has 112 valence electrons. The number of unbranched alkanes of at least 4 members (excludes halogenated alkanes) is 3. The van der Waals surface area contributed by atoms with E-state index in [1.54, 1.807) is 7.05 Å². The van der Waals surface area contributed by atoms with Crippen LogP contribution in [-0.4, -0.2) is 38.0 Å². The second kappa shape index (κ2) is 11.8. The lowest BCUT2D eigenvalue weighted by Crippen LogP contribution is -2.40. The van der Waals surface area contributed by atoms with Crippen LogP contribution in [0.5, 0.6) is 0 Å². The zero-order valence-corrected chi connectivity index (χ0v) is 12.9. The van der Waals surface area contributed by atoms with Crippen LogP contribution in [0.15, 0.2) is 4.99 Å². The molecular weight excluding hydrogens is 240 g/mol. The van der Waals surface area contributed by atoms with Crippen LogP contribution in [-0.2, 0) is 4.79 Å². The fourth-order valence-electron chi connectivity index (χ4n) is 1.67. The molecule has 0 rings (SSSR count). The third-order valence-corrected chi connectivity index (χ3v) is 2.64. The molecule has 19 heavy (non-hydrogen) atoms. The molecule has 0 bridgehead atoms. The van der Waals surface area contributed by atoms with Crippen molar-refractivity contribution in [3.8, 4) is 0 Å². The summed E-state index contributed by atoms with van der Waals surface area (Å²) in [6, 6.07) is 0.198. The molecule has 0 heterocycles. The Balaban J connectivity index is 3.63. The molecule has 0 aromatic heterocycles. The van der Waals surface area contributed by atoms with Crippen molar-refractivity contribution in [3.05, 3.63) is 0 Å². The molecule has 0 aliphatic rings. The van der Waals surface area contributed by atoms with Gasteiger partial charge in [0.2, 0.25) is 5.91 Å². The smallest absolute Gasteiger partial charge is 0.221 e. The first kappa shape index (κ1) is 17.7. The van der Waals surface area contributed by atoms with Gasteiger partial charge in [0.15, 0.2) is 5.96 Å². The van der Waals surface area contributed by atoms with Crippen molar-refractivity contribution in [2.75, 3.05) is 20.1 Å². The molecule has 5 nitrogen and oxygen atoms in total. The van der Waals surface area contributed by atoms with Crippen LogP contribution in [0.1, 0.15) is 52.9 Å². The highest BCUT2D eigenvalue weighted by molar-refractivity contribution is 5.81. The first-order valence-electron chi connectivity index (χ1n) is 7.34. The van der Waals surface area contributed by atoms with Gasteiger partial charge >= 0.3 is 0 Å². The summed E-state index contributed by atoms with van der Waals surface area (Å²) in [4.78, 5) is 15.6. The fraction of sp³-hybridized carbons (Fsp3) is 0.857. The Morgan fingerprint density at radius 3 is 2.37 bits per heavy atom. The van der Waals surface area contributed by atoms with E-state index in [0.717, 1.165) is 18.9 Å². The van der Waals surface area contributed by atoms with Crippen LogP contribution in [0.3, 0.4) is 0 Å². The fourth-order valence-corrected chi connectivity index (χ4v) is 1.67. The number of aliphatic imine (C=N–C) groups is 1. The molecule has 0 aromatic carbocycles. The van der Waals surface area contributed by atoms with E-state index in [-0.39, 0.29) is 11.9 Å². The van der Waals surface area contributed by atoms with Crippen LogP contribution in [0.25, 0.3) is 0 Å². The molecule has 0 aliphatic carbocycles. The zero-order valence-electron chi connectivity index (χ0n) is 12.9. The quantitative estimate of drug-likeness (QED) is 0.339. The molecule has 0 radical (unpaired) electrons. The van der Waals surface area contributed by atoms with Crippen molar-refractivity contribution < 1.29 is 4.79 Å². The minimum absolute atomic E-state index is 0.0703. The van der Waals surface area contributed by atoms with Crippen molar-refractivity contribution in [2.45, 2.75) is 58.9 Å². The summed E-state index contributed by atoms with van der Waals surface area (Å²) < 4.78 is 0. The molecule has 0 atom stereocenters. The van der Waals surface area contributed by atoms with Gasteiger partial charge in [0.05, 0.1) is 0 Å². The van der Waals surface area contributed by atoms with Gasteiger partial charge in [-0.1, -0.05) is 26.2 Å². The second-order valence-corrected chi connectivity index (χ2v) is 4.96. The summed E-state index contributed by atoms with van der Waals surface area (Å²) >= 11 is 0. The topological polar surface area (TPSA) is 65.5 Å². The van der Waals surface area contributed by atoms with E-state index in [9.17, 15) is 4.79 Å². The molecule has 0 unspecified atom stereocenters. The first-order valence-corrected chi connectivity index (χ1v) is 7.34. The highest BCUT2D eigenvalue weighted by atomic mass is 16.1. The van der Waals surface area contributed by atoms with E-state index in [1.807, 2.05) is 13.8 Å². The first-order chi connectivity index (χ1) is 9.10. The Hall–Kier alpha value is -1.26. The number of carbonyl (C=O) groups is 1. The second-order valence-electron chi connectivity index (χ2n) is 4.96. The largest absolute Gasteiger partial charge is 0.356 e. The number of carbonyl (C=O) groups excluding carboxylic acids is 1. The lowest BCUT2D eigenvalue weighted by Gasteiger charge is -2.12. The summed E-state index contributed by atoms with van der Waals surface area (Å²) in [5, 5.41) is 9.25. The number of hydrogen-bond acceptors (Lipinski definition) is 2. The Labute approximate surface area is 117 Å². The molecule has 0 aliphatic heterocycles. The van der Waals surface area contributed by atoms with E-state index < -0.39 is 0 Å². The molecule has 5 heteroatoms. The molecule has 0 fully saturated rings. The van der Waals surface area contributed by atoms with Crippen molar-refractivity contribution in [3.63, 3.8) is 0 Å². The number of rotatable bonds is 9. The Morgan fingerprint density at radius 2 is 1.79 bits per heavy atom. The van der Waals surface area contributed by atoms with E-state index >= 15 is 0 Å². The third-order valence-electron chi connectivity index (χ3n) is 2.64. The molecule has 0 spiro atoms. The lowest BCUT2D eigenvalue weighted by atomic mass is 10.2. The van der Waals surface area contributed by atoms with Crippen LogP contribution >= 0.6 is 0 Å². The molecular formula is C14H30N4O. The lowest BCUT2D eigenvalue weighted by molar-refractivity contribution is -0.121. The van der Waals surface area contributed by atoms with Crippen molar-refractivity contribution in [2.24, 2.45) is 4.99 Å². The Kier molecular flexibility index (Phi) is 11.0. The summed E-state index contributed by atoms with van der Waals surface area (Å²) in [7, 11) is 1.75. The number of guanidine groups is 1. The minimum Gasteiger partial charge on any atom is -0.356 e. The molecule has 0 aromatic rings. The predicted octanol–water partition coefficient (Wildman–Crippen LogP) is 1.65. The van der Waals surface area contributed by atoms with Gasteiger partial charge in [-0.25, -0.2) is 0 Å². The maximum absolute atomic E-state index is 11.4. The van der Waals surface area contributed by atoms with Crippen molar-refractivity contribution in [1.29, 1.82) is 0 Å². The van der Waals surface area contributed by atoms with Crippen molar-refractivity contribution >= 4 is 11.9 Å². The molecule has 0 saturated carbocycles. The minimum atomic E-state index is 0.0703. The van der Waals surface area contributed by atoms with Crippen molar-refractivity contribution in [1.82, 2.24) is 16.0 Å². The van der Waals surface area contributed by atoms with Crippen LogP contribution < -0.4 is 16.0 Å². The summed E-state index contributed by atoms with van der Waals surface area (Å²) in [5.41, 5.74) is 0. The number of nitrogens with zero attached hydrogens (tertiary/aromatic N) is 1. The average Bonchev–Trinajstić information content (AvgIpc) is 2.35. The summed E-state index contributed by atoms with van der Waals surface area (Å²) in [6.45, 7) is 7.66. The highest BCUT2D eigenvalue weighted by Gasteiger charge is 2.03. The van der Waals surface area contributed by atoms with E-state index in [1.165, 1.54) is 19.3 Å². The van der Waals surface area contributed by atoms with Gasteiger partial charge in [-0.3, -0.25) is 9.79 Å². The van der Waals surface area contributed by atoms with Gasteiger partial charge in [0.1, 0.15) is 0 Å². The average molecular weight is 270 g/mol. The normalized spacial score (nSPS) is 11.5. The van der Waals surface area contributed by atoms with E-state index in [2.05, 4.69) is 27.9 Å². The zero-order chi connectivity index (χ0) is 14.5. The molecule has 0 saturated heterocycles. The SMILES string of the molecule is CCCCCCNC(=NC)NCCC(=O)NC(C)C. The Morgan fingerprint density at radius 1 is 1.11 bits per heavy atom. The number of amides is 1. The van der Waals surface area contributed by atoms with Gasteiger partial charge < -0.3 is 16.0 Å². The van der Waals surface area contributed by atoms with Crippen LogP contribution in [0.2, 0.25) is 0 Å². The molecule has 1 amide bonds. The van der Waals surface area contributed by atoms with Gasteiger partial charge in [-0.15, -0.1) is 0 Å². The Bertz CT molecular complexity index is 264. The van der Waals surface area contributed by atoms with Gasteiger partial charge in [-0.2, -0.15) is 0 Å². The number of hydrogen-bond donors (Lipinski definition) is 3.